The molecule has 21 heavy (non-hydrogen) atoms. The summed E-state index contributed by atoms with van der Waals surface area (Å²) in [5.41, 5.74) is 0.547. The van der Waals surface area contributed by atoms with Gasteiger partial charge in [-0.05, 0) is 47.0 Å². The first kappa shape index (κ1) is 18.5. The van der Waals surface area contributed by atoms with E-state index in [1.54, 1.807) is 6.07 Å². The average Bonchev–Trinajstić information content (AvgIpc) is 2.38. The van der Waals surface area contributed by atoms with E-state index < -0.39 is 9.05 Å². The summed E-state index contributed by atoms with van der Waals surface area (Å²) >= 11 is 3.15. The number of benzene rings is 1. The standard InChI is InChI=1S/C14H19BrClNO3S/c1-3-5-6-10(4-2)14(18)17-11-7-8-13(12(15)9-11)21(16,19)20/h7-10H,3-6H2,1-2H3,(H,17,18). The smallest absolute Gasteiger partial charge is 0.262 e. The molecule has 7 heteroatoms. The van der Waals surface area contributed by atoms with E-state index in [0.29, 0.717) is 10.2 Å². The molecule has 1 atom stereocenters. The van der Waals surface area contributed by atoms with Crippen LogP contribution in [0.25, 0.3) is 0 Å². The Morgan fingerprint density at radius 1 is 1.38 bits per heavy atom. The van der Waals surface area contributed by atoms with Crippen LogP contribution < -0.4 is 5.32 Å². The molecule has 0 aliphatic heterocycles. The molecule has 1 N–H and O–H groups in total. The van der Waals surface area contributed by atoms with Crippen LogP contribution in [0.1, 0.15) is 39.5 Å². The van der Waals surface area contributed by atoms with Crippen molar-refractivity contribution in [1.82, 2.24) is 0 Å². The van der Waals surface area contributed by atoms with Gasteiger partial charge in [0.25, 0.3) is 9.05 Å². The van der Waals surface area contributed by atoms with E-state index in [-0.39, 0.29) is 16.7 Å². The topological polar surface area (TPSA) is 63.2 Å². The third-order valence-electron chi connectivity index (χ3n) is 3.23. The Morgan fingerprint density at radius 2 is 2.05 bits per heavy atom. The molecular formula is C14H19BrClNO3S. The van der Waals surface area contributed by atoms with E-state index in [2.05, 4.69) is 28.2 Å². The molecule has 1 aromatic carbocycles. The van der Waals surface area contributed by atoms with Gasteiger partial charge in [0, 0.05) is 26.8 Å². The molecule has 0 aliphatic carbocycles. The van der Waals surface area contributed by atoms with Crippen molar-refractivity contribution in [1.29, 1.82) is 0 Å². The van der Waals surface area contributed by atoms with Crippen LogP contribution in [0.5, 0.6) is 0 Å². The summed E-state index contributed by atoms with van der Waals surface area (Å²) in [6.45, 7) is 4.08. The second-order valence-electron chi connectivity index (χ2n) is 4.82. The SMILES string of the molecule is CCCCC(CC)C(=O)Nc1ccc(S(=O)(=O)Cl)c(Br)c1. The number of hydrogen-bond acceptors (Lipinski definition) is 3. The van der Waals surface area contributed by atoms with Crippen molar-refractivity contribution in [3.8, 4) is 0 Å². The highest BCUT2D eigenvalue weighted by atomic mass is 79.9. The zero-order valence-electron chi connectivity index (χ0n) is 12.0. The molecule has 0 aromatic heterocycles. The number of halogens is 2. The van der Waals surface area contributed by atoms with Crippen molar-refractivity contribution < 1.29 is 13.2 Å². The Labute approximate surface area is 138 Å². The molecule has 0 fully saturated rings. The summed E-state index contributed by atoms with van der Waals surface area (Å²) in [6, 6.07) is 4.44. The highest BCUT2D eigenvalue weighted by molar-refractivity contribution is 9.10. The highest BCUT2D eigenvalue weighted by Gasteiger charge is 2.18. The lowest BCUT2D eigenvalue weighted by atomic mass is 9.98. The lowest BCUT2D eigenvalue weighted by Gasteiger charge is -2.15. The van der Waals surface area contributed by atoms with Gasteiger partial charge in [-0.15, -0.1) is 0 Å². The zero-order chi connectivity index (χ0) is 16.0. The summed E-state index contributed by atoms with van der Waals surface area (Å²) in [4.78, 5) is 12.2. The molecule has 0 aliphatic rings. The fourth-order valence-corrected chi connectivity index (χ4v) is 4.22. The zero-order valence-corrected chi connectivity index (χ0v) is 15.2. The Balaban J connectivity index is 2.84. The van der Waals surface area contributed by atoms with Gasteiger partial charge < -0.3 is 5.32 Å². The molecule has 4 nitrogen and oxygen atoms in total. The second-order valence-corrected chi connectivity index (χ2v) is 8.21. The van der Waals surface area contributed by atoms with Crippen LogP contribution >= 0.6 is 26.6 Å². The molecular weight excluding hydrogens is 378 g/mol. The van der Waals surface area contributed by atoms with Gasteiger partial charge in [0.05, 0.1) is 4.90 Å². The largest absolute Gasteiger partial charge is 0.326 e. The normalized spacial score (nSPS) is 13.0. The Hall–Kier alpha value is -0.590. The lowest BCUT2D eigenvalue weighted by molar-refractivity contribution is -0.120. The van der Waals surface area contributed by atoms with Gasteiger partial charge in [-0.3, -0.25) is 4.79 Å². The maximum Gasteiger partial charge on any atom is 0.262 e. The molecule has 1 rings (SSSR count). The molecule has 1 amide bonds. The number of carbonyl (C=O) groups is 1. The first-order valence-electron chi connectivity index (χ1n) is 6.84. The van der Waals surface area contributed by atoms with Gasteiger partial charge in [0.2, 0.25) is 5.91 Å². The molecule has 118 valence electrons. The third kappa shape index (κ3) is 5.60. The van der Waals surface area contributed by atoms with Gasteiger partial charge in [0.1, 0.15) is 0 Å². The Morgan fingerprint density at radius 3 is 2.52 bits per heavy atom. The van der Waals surface area contributed by atoms with Crippen LogP contribution in [-0.2, 0) is 13.8 Å². The quantitative estimate of drug-likeness (QED) is 0.689. The van der Waals surface area contributed by atoms with Crippen LogP contribution in [0.4, 0.5) is 5.69 Å². The van der Waals surface area contributed by atoms with Gasteiger partial charge in [-0.25, -0.2) is 8.42 Å². The van der Waals surface area contributed by atoms with E-state index in [4.69, 9.17) is 10.7 Å². The molecule has 0 saturated carbocycles. The first-order chi connectivity index (χ1) is 9.79. The van der Waals surface area contributed by atoms with Crippen LogP contribution in [0.15, 0.2) is 27.6 Å². The van der Waals surface area contributed by atoms with Crippen LogP contribution in [0.2, 0.25) is 0 Å². The van der Waals surface area contributed by atoms with Gasteiger partial charge in [0.15, 0.2) is 0 Å². The average molecular weight is 397 g/mol. The number of anilines is 1. The summed E-state index contributed by atoms with van der Waals surface area (Å²) in [6.07, 6.45) is 3.70. The number of rotatable bonds is 7. The van der Waals surface area contributed by atoms with Crippen molar-refractivity contribution in [2.45, 2.75) is 44.4 Å². The minimum Gasteiger partial charge on any atom is -0.326 e. The number of nitrogens with one attached hydrogen (secondary N) is 1. The molecule has 0 saturated heterocycles. The van der Waals surface area contributed by atoms with Gasteiger partial charge >= 0.3 is 0 Å². The monoisotopic (exact) mass is 395 g/mol. The van der Waals surface area contributed by atoms with Gasteiger partial charge in [-0.2, -0.15) is 0 Å². The van der Waals surface area contributed by atoms with Crippen LogP contribution in [-0.4, -0.2) is 14.3 Å². The van der Waals surface area contributed by atoms with Gasteiger partial charge in [-0.1, -0.05) is 26.7 Å². The minimum atomic E-state index is -3.80. The van der Waals surface area contributed by atoms with Crippen molar-refractivity contribution in [3.05, 3.63) is 22.7 Å². The predicted octanol–water partition coefficient (Wildman–Crippen LogP) is 4.53. The van der Waals surface area contributed by atoms with Crippen molar-refractivity contribution in [2.24, 2.45) is 5.92 Å². The van der Waals surface area contributed by atoms with E-state index in [0.717, 1.165) is 25.7 Å². The lowest BCUT2D eigenvalue weighted by Crippen LogP contribution is -2.22. The second kappa shape index (κ2) is 8.15. The molecule has 0 spiro atoms. The molecule has 0 heterocycles. The predicted molar refractivity (Wildman–Crippen MR) is 89.1 cm³/mol. The van der Waals surface area contributed by atoms with Crippen molar-refractivity contribution in [2.75, 3.05) is 5.32 Å². The van der Waals surface area contributed by atoms with E-state index in [1.165, 1.54) is 12.1 Å². The molecule has 0 bridgehead atoms. The van der Waals surface area contributed by atoms with E-state index in [9.17, 15) is 13.2 Å². The van der Waals surface area contributed by atoms with Crippen LogP contribution in [0.3, 0.4) is 0 Å². The number of unbranched alkanes of at least 4 members (excludes halogenated alkanes) is 1. The highest BCUT2D eigenvalue weighted by Crippen LogP contribution is 2.28. The summed E-state index contributed by atoms with van der Waals surface area (Å²) in [5.74, 6) is -0.0699. The number of amides is 1. The number of hydrogen-bond donors (Lipinski definition) is 1. The summed E-state index contributed by atoms with van der Waals surface area (Å²) in [7, 11) is 1.51. The van der Waals surface area contributed by atoms with E-state index in [1.807, 2.05) is 6.92 Å². The maximum atomic E-state index is 12.2. The Kier molecular flexibility index (Phi) is 7.16. The fraction of sp³-hybridized carbons (Fsp3) is 0.500. The first-order valence-corrected chi connectivity index (χ1v) is 9.94. The summed E-state index contributed by atoms with van der Waals surface area (Å²) in [5, 5.41) is 2.81. The van der Waals surface area contributed by atoms with Crippen molar-refractivity contribution in [3.63, 3.8) is 0 Å². The number of carbonyl (C=O) groups excluding carboxylic acids is 1. The maximum absolute atomic E-state index is 12.2. The fourth-order valence-electron chi connectivity index (χ4n) is 1.99. The van der Waals surface area contributed by atoms with Crippen molar-refractivity contribution >= 4 is 47.3 Å². The summed E-state index contributed by atoms with van der Waals surface area (Å²) < 4.78 is 22.9. The third-order valence-corrected chi connectivity index (χ3v) is 5.53. The molecule has 1 unspecified atom stereocenters. The van der Waals surface area contributed by atoms with Crippen LogP contribution in [0, 0.1) is 5.92 Å². The minimum absolute atomic E-state index is 0.0137. The van der Waals surface area contributed by atoms with E-state index >= 15 is 0 Å². The molecule has 1 aromatic rings. The molecule has 0 radical (unpaired) electrons. The Bertz CT molecular complexity index is 604.